The summed E-state index contributed by atoms with van der Waals surface area (Å²) >= 11 is 0. The van der Waals surface area contributed by atoms with Crippen molar-refractivity contribution < 1.29 is 9.47 Å². The molecule has 1 saturated carbocycles. The minimum absolute atomic E-state index is 0.364. The average molecular weight is 227 g/mol. The number of likely N-dealkylation sites (tertiary alicyclic amines) is 1. The van der Waals surface area contributed by atoms with Crippen LogP contribution in [0, 0.1) is 5.41 Å². The van der Waals surface area contributed by atoms with E-state index >= 15 is 0 Å². The Balaban J connectivity index is 1.72. The van der Waals surface area contributed by atoms with Crippen molar-refractivity contribution in [3.8, 4) is 0 Å². The molecule has 3 nitrogen and oxygen atoms in total. The van der Waals surface area contributed by atoms with Gasteiger partial charge in [-0.15, -0.1) is 0 Å². The zero-order valence-corrected chi connectivity index (χ0v) is 10.9. The molecule has 1 heterocycles. The van der Waals surface area contributed by atoms with Gasteiger partial charge in [0, 0.05) is 32.2 Å². The van der Waals surface area contributed by atoms with Crippen LogP contribution in [-0.4, -0.2) is 50.5 Å². The normalized spacial score (nSPS) is 28.9. The zero-order chi connectivity index (χ0) is 11.6. The Kier molecular flexibility index (Phi) is 3.88. The smallest absolute Gasteiger partial charge is 0.0710 e. The van der Waals surface area contributed by atoms with Crippen LogP contribution in [0.5, 0.6) is 0 Å². The van der Waals surface area contributed by atoms with Gasteiger partial charge in [0.05, 0.1) is 18.8 Å². The Morgan fingerprint density at radius 2 is 2.12 bits per heavy atom. The third-order valence-electron chi connectivity index (χ3n) is 3.80. The van der Waals surface area contributed by atoms with E-state index in [4.69, 9.17) is 9.47 Å². The fourth-order valence-corrected chi connectivity index (χ4v) is 2.48. The quantitative estimate of drug-likeness (QED) is 0.692. The highest BCUT2D eigenvalue weighted by atomic mass is 16.5. The molecule has 0 aromatic carbocycles. The van der Waals surface area contributed by atoms with Crippen molar-refractivity contribution >= 4 is 0 Å². The lowest BCUT2D eigenvalue weighted by Crippen LogP contribution is -2.32. The lowest BCUT2D eigenvalue weighted by molar-refractivity contribution is 0.0310. The van der Waals surface area contributed by atoms with E-state index in [2.05, 4.69) is 18.7 Å². The second kappa shape index (κ2) is 5.03. The molecule has 3 heteroatoms. The van der Waals surface area contributed by atoms with Gasteiger partial charge in [0.2, 0.25) is 0 Å². The van der Waals surface area contributed by atoms with Crippen molar-refractivity contribution in [3.05, 3.63) is 0 Å². The molecule has 94 valence electrons. The first-order chi connectivity index (χ1) is 7.63. The van der Waals surface area contributed by atoms with Crippen LogP contribution in [0.1, 0.15) is 33.1 Å². The maximum atomic E-state index is 5.77. The molecule has 1 unspecified atom stereocenters. The van der Waals surface area contributed by atoms with Gasteiger partial charge in [-0.05, 0) is 33.1 Å². The summed E-state index contributed by atoms with van der Waals surface area (Å²) in [5.41, 5.74) is 0.479. The highest BCUT2D eigenvalue weighted by molar-refractivity contribution is 4.97. The van der Waals surface area contributed by atoms with Crippen LogP contribution in [0.4, 0.5) is 0 Å². The highest BCUT2D eigenvalue weighted by Gasteiger charge is 2.45. The van der Waals surface area contributed by atoms with Gasteiger partial charge in [0.15, 0.2) is 0 Å². The maximum absolute atomic E-state index is 5.77. The molecule has 1 aliphatic heterocycles. The molecular weight excluding hydrogens is 202 g/mol. The van der Waals surface area contributed by atoms with Crippen LogP contribution < -0.4 is 0 Å². The van der Waals surface area contributed by atoms with Crippen molar-refractivity contribution in [3.63, 3.8) is 0 Å². The van der Waals surface area contributed by atoms with Gasteiger partial charge in [0.25, 0.3) is 0 Å². The van der Waals surface area contributed by atoms with E-state index in [1.165, 1.54) is 32.4 Å². The van der Waals surface area contributed by atoms with E-state index in [1.807, 2.05) is 7.11 Å². The summed E-state index contributed by atoms with van der Waals surface area (Å²) in [4.78, 5) is 2.55. The lowest BCUT2D eigenvalue weighted by atomic mass is 10.1. The van der Waals surface area contributed by atoms with Crippen LogP contribution in [0.2, 0.25) is 0 Å². The molecule has 1 saturated heterocycles. The van der Waals surface area contributed by atoms with E-state index in [0.29, 0.717) is 17.6 Å². The van der Waals surface area contributed by atoms with Gasteiger partial charge in [-0.25, -0.2) is 0 Å². The average Bonchev–Trinajstić information content (AvgIpc) is 2.86. The third kappa shape index (κ3) is 3.19. The predicted molar refractivity (Wildman–Crippen MR) is 64.6 cm³/mol. The van der Waals surface area contributed by atoms with E-state index in [9.17, 15) is 0 Å². The highest BCUT2D eigenvalue weighted by Crippen LogP contribution is 2.47. The minimum atomic E-state index is 0.364. The molecule has 2 fully saturated rings. The number of hydrogen-bond donors (Lipinski definition) is 0. The second-order valence-corrected chi connectivity index (χ2v) is 5.74. The van der Waals surface area contributed by atoms with Crippen molar-refractivity contribution in [2.75, 3.05) is 33.4 Å². The Hall–Kier alpha value is -0.120. The Morgan fingerprint density at radius 1 is 1.38 bits per heavy atom. The molecule has 0 amide bonds. The summed E-state index contributed by atoms with van der Waals surface area (Å²) < 4.78 is 11.2. The summed E-state index contributed by atoms with van der Waals surface area (Å²) in [6.07, 6.45) is 4.70. The Labute approximate surface area is 99.1 Å². The molecular formula is C13H25NO2. The van der Waals surface area contributed by atoms with Crippen LogP contribution in [-0.2, 0) is 9.47 Å². The van der Waals surface area contributed by atoms with Gasteiger partial charge >= 0.3 is 0 Å². The topological polar surface area (TPSA) is 21.7 Å². The van der Waals surface area contributed by atoms with E-state index in [-0.39, 0.29) is 0 Å². The standard InChI is InChI=1S/C13H25NO2/c1-11(2)16-10-13(5-6-13)9-14-7-4-12(8-14)15-3/h11-12H,4-10H2,1-3H3. The summed E-state index contributed by atoms with van der Waals surface area (Å²) in [6, 6.07) is 0. The van der Waals surface area contributed by atoms with Crippen molar-refractivity contribution in [1.29, 1.82) is 0 Å². The van der Waals surface area contributed by atoms with E-state index < -0.39 is 0 Å². The predicted octanol–water partition coefficient (Wildman–Crippen LogP) is 1.91. The van der Waals surface area contributed by atoms with Crippen molar-refractivity contribution in [2.45, 2.75) is 45.3 Å². The number of hydrogen-bond acceptors (Lipinski definition) is 3. The number of methoxy groups -OCH3 is 1. The molecule has 16 heavy (non-hydrogen) atoms. The van der Waals surface area contributed by atoms with Gasteiger partial charge in [-0.2, -0.15) is 0 Å². The molecule has 0 bridgehead atoms. The summed E-state index contributed by atoms with van der Waals surface area (Å²) in [7, 11) is 1.82. The molecule has 1 atom stereocenters. The largest absolute Gasteiger partial charge is 0.380 e. The van der Waals surface area contributed by atoms with Crippen LogP contribution in [0.3, 0.4) is 0 Å². The summed E-state index contributed by atoms with van der Waals surface area (Å²) in [6.45, 7) is 8.69. The minimum Gasteiger partial charge on any atom is -0.380 e. The first-order valence-electron chi connectivity index (χ1n) is 6.50. The fourth-order valence-electron chi connectivity index (χ4n) is 2.48. The number of rotatable bonds is 6. The molecule has 0 radical (unpaired) electrons. The molecule has 1 aliphatic carbocycles. The Bertz CT molecular complexity index is 226. The van der Waals surface area contributed by atoms with Crippen LogP contribution in [0.15, 0.2) is 0 Å². The van der Waals surface area contributed by atoms with Gasteiger partial charge in [-0.1, -0.05) is 0 Å². The van der Waals surface area contributed by atoms with E-state index in [0.717, 1.165) is 13.2 Å². The zero-order valence-electron chi connectivity index (χ0n) is 10.9. The number of nitrogens with zero attached hydrogens (tertiary/aromatic N) is 1. The SMILES string of the molecule is COC1CCN(CC2(COC(C)C)CC2)C1. The third-order valence-corrected chi connectivity index (χ3v) is 3.80. The van der Waals surface area contributed by atoms with Gasteiger partial charge in [0.1, 0.15) is 0 Å². The number of ether oxygens (including phenoxy) is 2. The van der Waals surface area contributed by atoms with Crippen molar-refractivity contribution in [2.24, 2.45) is 5.41 Å². The molecule has 0 aromatic rings. The van der Waals surface area contributed by atoms with Crippen molar-refractivity contribution in [1.82, 2.24) is 4.90 Å². The lowest BCUT2D eigenvalue weighted by Gasteiger charge is -2.24. The van der Waals surface area contributed by atoms with Crippen LogP contribution in [0.25, 0.3) is 0 Å². The monoisotopic (exact) mass is 227 g/mol. The van der Waals surface area contributed by atoms with Gasteiger partial charge < -0.3 is 14.4 Å². The summed E-state index contributed by atoms with van der Waals surface area (Å²) in [5, 5.41) is 0. The summed E-state index contributed by atoms with van der Waals surface area (Å²) in [5.74, 6) is 0. The van der Waals surface area contributed by atoms with Gasteiger partial charge in [-0.3, -0.25) is 0 Å². The molecule has 0 aromatic heterocycles. The molecule has 0 N–H and O–H groups in total. The van der Waals surface area contributed by atoms with E-state index in [1.54, 1.807) is 0 Å². The maximum Gasteiger partial charge on any atom is 0.0710 e. The fraction of sp³-hybridized carbons (Fsp3) is 1.00. The molecule has 2 aliphatic rings. The Morgan fingerprint density at radius 3 is 2.62 bits per heavy atom. The molecule has 0 spiro atoms. The first kappa shape index (κ1) is 12.3. The molecule has 2 rings (SSSR count). The first-order valence-corrected chi connectivity index (χ1v) is 6.50. The van der Waals surface area contributed by atoms with Crippen LogP contribution >= 0.6 is 0 Å². The second-order valence-electron chi connectivity index (χ2n) is 5.74.